The summed E-state index contributed by atoms with van der Waals surface area (Å²) in [5.41, 5.74) is 3.68. The van der Waals surface area contributed by atoms with Gasteiger partial charge in [-0.2, -0.15) is 0 Å². The Morgan fingerprint density at radius 1 is 1.03 bits per heavy atom. The van der Waals surface area contributed by atoms with Crippen molar-refractivity contribution in [1.29, 1.82) is 0 Å². The lowest BCUT2D eigenvalue weighted by atomic mass is 10.0. The number of rotatable bonds is 9. The number of ether oxygens (including phenoxy) is 1. The molecule has 0 bridgehead atoms. The monoisotopic (exact) mass is 538 g/mol. The second kappa shape index (κ2) is 14.4. The van der Waals surface area contributed by atoms with Crippen molar-refractivity contribution in [3.63, 3.8) is 0 Å². The molecule has 0 aliphatic carbocycles. The second-order valence-corrected chi connectivity index (χ2v) is 7.52. The number of halogens is 1. The normalized spacial score (nSPS) is 15.7. The van der Waals surface area contributed by atoms with Crippen LogP contribution >= 0.6 is 24.0 Å². The zero-order valence-electron chi connectivity index (χ0n) is 18.3. The summed E-state index contributed by atoms with van der Waals surface area (Å²) in [5, 5.41) is 16.5. The number of nitrogens with zero attached hydrogens (tertiary/aromatic N) is 2. The largest absolute Gasteiger partial charge is 0.396 e. The van der Waals surface area contributed by atoms with Crippen molar-refractivity contribution in [3.8, 4) is 0 Å². The smallest absolute Gasteiger partial charge is 0.191 e. The number of aliphatic hydroxyl groups is 1. The fraction of sp³-hybridized carbons (Fsp3) is 0.458. The fourth-order valence-corrected chi connectivity index (χ4v) is 3.61. The van der Waals surface area contributed by atoms with Crippen LogP contribution in [0.4, 0.5) is 0 Å². The van der Waals surface area contributed by atoms with Gasteiger partial charge in [-0.15, -0.1) is 24.0 Å². The van der Waals surface area contributed by atoms with Crippen LogP contribution < -0.4 is 10.6 Å². The van der Waals surface area contributed by atoms with Crippen LogP contribution in [0.1, 0.15) is 29.5 Å². The maximum Gasteiger partial charge on any atom is 0.191 e. The summed E-state index contributed by atoms with van der Waals surface area (Å²) in [5.74, 6) is 0.803. The van der Waals surface area contributed by atoms with E-state index in [9.17, 15) is 5.11 Å². The van der Waals surface area contributed by atoms with E-state index < -0.39 is 0 Å². The molecular formula is C24H35IN4O2. The minimum absolute atomic E-state index is 0. The van der Waals surface area contributed by atoms with Gasteiger partial charge >= 0.3 is 0 Å². The van der Waals surface area contributed by atoms with E-state index in [4.69, 9.17) is 9.73 Å². The molecule has 7 heteroatoms. The van der Waals surface area contributed by atoms with Crippen molar-refractivity contribution in [2.24, 2.45) is 4.99 Å². The first kappa shape index (κ1) is 25.6. The fourth-order valence-electron chi connectivity index (χ4n) is 3.61. The Labute approximate surface area is 203 Å². The van der Waals surface area contributed by atoms with E-state index >= 15 is 0 Å². The van der Waals surface area contributed by atoms with E-state index in [1.54, 1.807) is 0 Å². The predicted molar refractivity (Wildman–Crippen MR) is 137 cm³/mol. The van der Waals surface area contributed by atoms with Gasteiger partial charge in [0.25, 0.3) is 0 Å². The highest BCUT2D eigenvalue weighted by molar-refractivity contribution is 14.0. The van der Waals surface area contributed by atoms with E-state index in [0.717, 1.165) is 50.9 Å². The summed E-state index contributed by atoms with van der Waals surface area (Å²) in [6.45, 7) is 8.68. The molecule has 3 N–H and O–H groups in total. The van der Waals surface area contributed by atoms with Gasteiger partial charge in [0.1, 0.15) is 0 Å². The van der Waals surface area contributed by atoms with Gasteiger partial charge in [-0.3, -0.25) is 4.90 Å². The molecule has 6 nitrogen and oxygen atoms in total. The first-order valence-corrected chi connectivity index (χ1v) is 10.8. The van der Waals surface area contributed by atoms with Gasteiger partial charge in [0.05, 0.1) is 26.4 Å². The van der Waals surface area contributed by atoms with Crippen molar-refractivity contribution in [2.45, 2.75) is 25.9 Å². The molecular weight excluding hydrogens is 503 g/mol. The van der Waals surface area contributed by atoms with Gasteiger partial charge in [-0.25, -0.2) is 4.99 Å². The van der Waals surface area contributed by atoms with E-state index in [2.05, 4.69) is 58.9 Å². The molecule has 0 spiro atoms. The standard InChI is InChI=1S/C24H34N4O2.HI/c1-2-25-24(27-17-23(19-29)20-8-4-3-5-9-20)26-16-21-10-6-7-11-22(21)18-28-12-14-30-15-13-28;/h3-11,23,29H,2,12-19H2,1H3,(H2,25,26,27);1H. The molecule has 1 fully saturated rings. The van der Waals surface area contributed by atoms with Gasteiger partial charge in [-0.05, 0) is 23.6 Å². The lowest BCUT2D eigenvalue weighted by Gasteiger charge is -2.27. The minimum Gasteiger partial charge on any atom is -0.396 e. The Hall–Kier alpha value is -1.68. The molecule has 1 aliphatic rings. The number of hydrogen-bond donors (Lipinski definition) is 3. The van der Waals surface area contributed by atoms with Crippen LogP contribution in [-0.2, 0) is 17.8 Å². The molecule has 0 saturated carbocycles. The van der Waals surface area contributed by atoms with Gasteiger partial charge in [-0.1, -0.05) is 54.6 Å². The zero-order chi connectivity index (χ0) is 21.0. The van der Waals surface area contributed by atoms with Gasteiger partial charge < -0.3 is 20.5 Å². The van der Waals surface area contributed by atoms with Gasteiger partial charge in [0.15, 0.2) is 5.96 Å². The Morgan fingerprint density at radius 2 is 1.71 bits per heavy atom. The van der Waals surface area contributed by atoms with E-state index in [1.807, 2.05) is 18.2 Å². The molecule has 0 radical (unpaired) electrons. The highest BCUT2D eigenvalue weighted by atomic mass is 127. The quantitative estimate of drug-likeness (QED) is 0.260. The number of aliphatic hydroxyl groups excluding tert-OH is 1. The van der Waals surface area contributed by atoms with Crippen LogP contribution in [0.25, 0.3) is 0 Å². The molecule has 3 rings (SSSR count). The topological polar surface area (TPSA) is 69.1 Å². The number of morpholine rings is 1. The van der Waals surface area contributed by atoms with Crippen molar-refractivity contribution in [3.05, 3.63) is 71.3 Å². The number of guanidine groups is 1. The Morgan fingerprint density at radius 3 is 2.39 bits per heavy atom. The zero-order valence-corrected chi connectivity index (χ0v) is 20.6. The molecule has 1 saturated heterocycles. The maximum atomic E-state index is 9.81. The van der Waals surface area contributed by atoms with Crippen molar-refractivity contribution in [2.75, 3.05) is 46.0 Å². The summed E-state index contributed by atoms with van der Waals surface area (Å²) in [6, 6.07) is 18.6. The Balaban J connectivity index is 0.00000341. The molecule has 2 aromatic rings. The van der Waals surface area contributed by atoms with Crippen molar-refractivity contribution < 1.29 is 9.84 Å². The maximum absolute atomic E-state index is 9.81. The van der Waals surface area contributed by atoms with Crippen LogP contribution in [-0.4, -0.2) is 62.0 Å². The molecule has 170 valence electrons. The summed E-state index contributed by atoms with van der Waals surface area (Å²) in [6.07, 6.45) is 0. The second-order valence-electron chi connectivity index (χ2n) is 7.52. The molecule has 1 atom stereocenters. The highest BCUT2D eigenvalue weighted by Crippen LogP contribution is 2.15. The third kappa shape index (κ3) is 8.40. The molecule has 1 aliphatic heterocycles. The molecule has 1 unspecified atom stereocenters. The van der Waals surface area contributed by atoms with Crippen LogP contribution in [0.15, 0.2) is 59.6 Å². The lowest BCUT2D eigenvalue weighted by molar-refractivity contribution is 0.0341. The number of benzene rings is 2. The first-order chi connectivity index (χ1) is 14.8. The number of aliphatic imine (C=N–C) groups is 1. The van der Waals surface area contributed by atoms with Gasteiger partial charge in [0.2, 0.25) is 0 Å². The van der Waals surface area contributed by atoms with E-state index in [1.165, 1.54) is 11.1 Å². The minimum atomic E-state index is 0. The van der Waals surface area contributed by atoms with Gasteiger partial charge in [0, 0.05) is 38.6 Å². The van der Waals surface area contributed by atoms with Crippen molar-refractivity contribution >= 4 is 29.9 Å². The SMILES string of the molecule is CCNC(=NCc1ccccc1CN1CCOCC1)NCC(CO)c1ccccc1.I. The van der Waals surface area contributed by atoms with Crippen LogP contribution in [0.3, 0.4) is 0 Å². The Bertz CT molecular complexity index is 782. The van der Waals surface area contributed by atoms with Crippen molar-refractivity contribution in [1.82, 2.24) is 15.5 Å². The van der Waals surface area contributed by atoms with E-state index in [0.29, 0.717) is 13.1 Å². The molecule has 0 aromatic heterocycles. The average Bonchev–Trinajstić information content (AvgIpc) is 2.80. The summed E-state index contributed by atoms with van der Waals surface area (Å²) in [7, 11) is 0. The third-order valence-corrected chi connectivity index (χ3v) is 5.38. The summed E-state index contributed by atoms with van der Waals surface area (Å²) < 4.78 is 5.46. The highest BCUT2D eigenvalue weighted by Gasteiger charge is 2.13. The third-order valence-electron chi connectivity index (χ3n) is 5.38. The predicted octanol–water partition coefficient (Wildman–Crippen LogP) is 2.97. The first-order valence-electron chi connectivity index (χ1n) is 10.8. The summed E-state index contributed by atoms with van der Waals surface area (Å²) >= 11 is 0. The lowest BCUT2D eigenvalue weighted by Crippen LogP contribution is -2.40. The van der Waals surface area contributed by atoms with Crippen LogP contribution in [0, 0.1) is 0 Å². The molecule has 31 heavy (non-hydrogen) atoms. The molecule has 1 heterocycles. The Kier molecular flexibility index (Phi) is 11.9. The number of hydrogen-bond acceptors (Lipinski definition) is 4. The number of nitrogens with one attached hydrogen (secondary N) is 2. The van der Waals surface area contributed by atoms with E-state index in [-0.39, 0.29) is 36.5 Å². The van der Waals surface area contributed by atoms with Crippen LogP contribution in [0.2, 0.25) is 0 Å². The molecule has 0 amide bonds. The summed E-state index contributed by atoms with van der Waals surface area (Å²) in [4.78, 5) is 7.24. The van der Waals surface area contributed by atoms with Crippen LogP contribution in [0.5, 0.6) is 0 Å². The average molecular weight is 538 g/mol. The molecule has 2 aromatic carbocycles.